The van der Waals surface area contributed by atoms with Gasteiger partial charge in [-0.1, -0.05) is 0 Å². The number of nitrogens with zero attached hydrogens (tertiary/aromatic N) is 2. The maximum absolute atomic E-state index is 11.2. The van der Waals surface area contributed by atoms with Crippen LogP contribution in [0.5, 0.6) is 0 Å². The maximum Gasteiger partial charge on any atom is 0.178 e. The number of hydrogen-bond donors (Lipinski definition) is 0. The average Bonchev–Trinajstić information content (AvgIpc) is 2.40. The largest absolute Gasteiger partial charge is 0.383 e. The van der Waals surface area contributed by atoms with Crippen LogP contribution in [-0.2, 0) is 9.47 Å². The second-order valence-corrected chi connectivity index (χ2v) is 4.45. The summed E-state index contributed by atoms with van der Waals surface area (Å²) in [7, 11) is 3.36. The lowest BCUT2D eigenvalue weighted by Crippen LogP contribution is -2.38. The van der Waals surface area contributed by atoms with Crippen LogP contribution < -0.4 is 4.90 Å². The van der Waals surface area contributed by atoms with Crippen LogP contribution in [0.1, 0.15) is 24.3 Å². The summed E-state index contributed by atoms with van der Waals surface area (Å²) in [6, 6.07) is 3.87. The summed E-state index contributed by atoms with van der Waals surface area (Å²) in [6.07, 6.45) is 1.72. The van der Waals surface area contributed by atoms with Crippen molar-refractivity contribution in [2.45, 2.75) is 19.9 Å². The highest BCUT2D eigenvalue weighted by molar-refractivity contribution is 5.92. The molecule has 1 aromatic rings. The molecule has 0 aliphatic rings. The lowest BCUT2D eigenvalue weighted by molar-refractivity contribution is 0.101. The highest BCUT2D eigenvalue weighted by Gasteiger charge is 2.15. The van der Waals surface area contributed by atoms with Gasteiger partial charge in [0.15, 0.2) is 5.78 Å². The van der Waals surface area contributed by atoms with Gasteiger partial charge < -0.3 is 14.4 Å². The van der Waals surface area contributed by atoms with Gasteiger partial charge in [-0.25, -0.2) is 0 Å². The fraction of sp³-hybridized carbons (Fsp3) is 0.571. The Hall–Kier alpha value is -1.46. The Morgan fingerprint density at radius 3 is 2.58 bits per heavy atom. The molecule has 1 rings (SSSR count). The molecule has 0 saturated carbocycles. The second-order valence-electron chi connectivity index (χ2n) is 4.45. The molecule has 5 heteroatoms. The molecule has 0 saturated heterocycles. The van der Waals surface area contributed by atoms with Gasteiger partial charge >= 0.3 is 0 Å². The van der Waals surface area contributed by atoms with Crippen molar-refractivity contribution in [1.29, 1.82) is 0 Å². The molecule has 0 aliphatic heterocycles. The maximum atomic E-state index is 11.2. The molecular weight excluding hydrogens is 244 g/mol. The van der Waals surface area contributed by atoms with Crippen LogP contribution in [0.3, 0.4) is 0 Å². The summed E-state index contributed by atoms with van der Waals surface area (Å²) >= 11 is 0. The molecule has 0 aliphatic carbocycles. The van der Waals surface area contributed by atoms with Crippen molar-refractivity contribution in [1.82, 2.24) is 4.98 Å². The first-order valence-corrected chi connectivity index (χ1v) is 6.31. The highest BCUT2D eigenvalue weighted by atomic mass is 16.5. The van der Waals surface area contributed by atoms with Gasteiger partial charge in [0.05, 0.1) is 25.1 Å². The number of methoxy groups -OCH3 is 2. The summed E-state index contributed by atoms with van der Waals surface area (Å²) in [5.74, 6) is -0.0278. The third kappa shape index (κ3) is 4.61. The molecule has 0 spiro atoms. The van der Waals surface area contributed by atoms with E-state index in [1.165, 1.54) is 6.92 Å². The van der Waals surface area contributed by atoms with E-state index in [4.69, 9.17) is 9.47 Å². The predicted octanol–water partition coefficient (Wildman–Crippen LogP) is 1.77. The van der Waals surface area contributed by atoms with Crippen LogP contribution in [0.2, 0.25) is 0 Å². The fourth-order valence-electron chi connectivity index (χ4n) is 1.89. The molecule has 1 heterocycles. The van der Waals surface area contributed by atoms with Gasteiger partial charge in [-0.3, -0.25) is 9.78 Å². The van der Waals surface area contributed by atoms with Gasteiger partial charge in [-0.15, -0.1) is 0 Å². The SMILES string of the molecule is COCCN(c1ccc(C(C)=O)nc1)C(C)COC. The molecule has 0 amide bonds. The molecule has 0 N–H and O–H groups in total. The first-order chi connectivity index (χ1) is 9.10. The minimum absolute atomic E-state index is 0.0278. The van der Waals surface area contributed by atoms with Crippen molar-refractivity contribution in [3.8, 4) is 0 Å². The lowest BCUT2D eigenvalue weighted by Gasteiger charge is -2.30. The van der Waals surface area contributed by atoms with Crippen molar-refractivity contribution >= 4 is 11.5 Å². The highest BCUT2D eigenvalue weighted by Crippen LogP contribution is 2.16. The van der Waals surface area contributed by atoms with E-state index in [0.717, 1.165) is 12.2 Å². The van der Waals surface area contributed by atoms with Gasteiger partial charge in [0.25, 0.3) is 0 Å². The summed E-state index contributed by atoms with van der Waals surface area (Å²) in [5.41, 5.74) is 1.45. The molecule has 5 nitrogen and oxygen atoms in total. The molecule has 0 bridgehead atoms. The Morgan fingerprint density at radius 1 is 1.37 bits per heavy atom. The van der Waals surface area contributed by atoms with Crippen molar-refractivity contribution in [2.24, 2.45) is 0 Å². The molecule has 1 unspecified atom stereocenters. The average molecular weight is 266 g/mol. The number of ether oxygens (including phenoxy) is 2. The zero-order valence-corrected chi connectivity index (χ0v) is 12.0. The van der Waals surface area contributed by atoms with Crippen molar-refractivity contribution in [2.75, 3.05) is 38.9 Å². The van der Waals surface area contributed by atoms with Crippen molar-refractivity contribution < 1.29 is 14.3 Å². The minimum Gasteiger partial charge on any atom is -0.383 e. The smallest absolute Gasteiger partial charge is 0.178 e. The predicted molar refractivity (Wildman–Crippen MR) is 74.8 cm³/mol. The van der Waals surface area contributed by atoms with Gasteiger partial charge in [0, 0.05) is 33.7 Å². The van der Waals surface area contributed by atoms with E-state index >= 15 is 0 Å². The van der Waals surface area contributed by atoms with E-state index in [9.17, 15) is 4.79 Å². The monoisotopic (exact) mass is 266 g/mol. The Kier molecular flexibility index (Phi) is 6.45. The Balaban J connectivity index is 2.86. The van der Waals surface area contributed by atoms with Crippen LogP contribution in [0.25, 0.3) is 0 Å². The number of hydrogen-bond acceptors (Lipinski definition) is 5. The number of anilines is 1. The Bertz CT molecular complexity index is 392. The Morgan fingerprint density at radius 2 is 2.11 bits per heavy atom. The van der Waals surface area contributed by atoms with Gasteiger partial charge in [0.1, 0.15) is 5.69 Å². The third-order valence-electron chi connectivity index (χ3n) is 2.92. The Labute approximate surface area is 114 Å². The lowest BCUT2D eigenvalue weighted by atomic mass is 10.2. The molecule has 1 atom stereocenters. The topological polar surface area (TPSA) is 51.7 Å². The number of aromatic nitrogens is 1. The van der Waals surface area contributed by atoms with Crippen molar-refractivity contribution in [3.63, 3.8) is 0 Å². The van der Waals surface area contributed by atoms with Crippen LogP contribution >= 0.6 is 0 Å². The molecule has 0 aromatic carbocycles. The van der Waals surface area contributed by atoms with Gasteiger partial charge in [-0.2, -0.15) is 0 Å². The number of carbonyl (C=O) groups is 1. The van der Waals surface area contributed by atoms with E-state index in [-0.39, 0.29) is 11.8 Å². The van der Waals surface area contributed by atoms with Crippen molar-refractivity contribution in [3.05, 3.63) is 24.0 Å². The fourth-order valence-corrected chi connectivity index (χ4v) is 1.89. The summed E-state index contributed by atoms with van der Waals surface area (Å²) in [5, 5.41) is 0. The van der Waals surface area contributed by atoms with Crippen LogP contribution in [0.4, 0.5) is 5.69 Å². The van der Waals surface area contributed by atoms with E-state index in [0.29, 0.717) is 18.9 Å². The number of Topliss-reactive ketones (excluding diaryl/α,β-unsaturated/α-hetero) is 1. The number of carbonyl (C=O) groups excluding carboxylic acids is 1. The van der Waals surface area contributed by atoms with E-state index in [1.54, 1.807) is 26.5 Å². The zero-order valence-electron chi connectivity index (χ0n) is 12.0. The summed E-state index contributed by atoms with van der Waals surface area (Å²) in [6.45, 7) is 5.60. The third-order valence-corrected chi connectivity index (χ3v) is 2.92. The molecular formula is C14H22N2O3. The normalized spacial score (nSPS) is 12.2. The van der Waals surface area contributed by atoms with Crippen LogP contribution in [0, 0.1) is 0 Å². The summed E-state index contributed by atoms with van der Waals surface area (Å²) in [4.78, 5) is 17.6. The first kappa shape index (κ1) is 15.6. The van der Waals surface area contributed by atoms with E-state index in [1.807, 2.05) is 6.07 Å². The van der Waals surface area contributed by atoms with E-state index < -0.39 is 0 Å². The molecule has 0 radical (unpaired) electrons. The molecule has 106 valence electrons. The quantitative estimate of drug-likeness (QED) is 0.671. The van der Waals surface area contributed by atoms with Crippen LogP contribution in [-0.4, -0.2) is 50.8 Å². The van der Waals surface area contributed by atoms with E-state index in [2.05, 4.69) is 16.8 Å². The first-order valence-electron chi connectivity index (χ1n) is 6.31. The summed E-state index contributed by atoms with van der Waals surface area (Å²) < 4.78 is 10.3. The van der Waals surface area contributed by atoms with Gasteiger partial charge in [-0.05, 0) is 19.1 Å². The zero-order chi connectivity index (χ0) is 14.3. The van der Waals surface area contributed by atoms with Crippen LogP contribution in [0.15, 0.2) is 18.3 Å². The molecule has 0 fully saturated rings. The minimum atomic E-state index is -0.0278. The standard InChI is InChI=1S/C14H22N2O3/c1-11(10-19-4)16(7-8-18-3)13-5-6-14(12(2)17)15-9-13/h5-6,9,11H,7-8,10H2,1-4H3. The molecule has 1 aromatic heterocycles. The number of pyridine rings is 1. The number of rotatable bonds is 8. The molecule has 19 heavy (non-hydrogen) atoms. The second kappa shape index (κ2) is 7.86. The van der Waals surface area contributed by atoms with Gasteiger partial charge in [0.2, 0.25) is 0 Å². The number of ketones is 1.